The van der Waals surface area contributed by atoms with Crippen molar-refractivity contribution in [2.24, 2.45) is 0 Å². The molecule has 1 rings (SSSR count). The maximum absolute atomic E-state index is 12.2. The molecule has 7 heteroatoms. The fraction of sp³-hybridized carbons (Fsp3) is 0.533. The highest BCUT2D eigenvalue weighted by atomic mass is 35.5. The zero-order valence-corrected chi connectivity index (χ0v) is 15.1. The molecule has 0 spiro atoms. The molecule has 0 unspecified atom stereocenters. The highest BCUT2D eigenvalue weighted by molar-refractivity contribution is 7.91. The van der Waals surface area contributed by atoms with Gasteiger partial charge in [0.2, 0.25) is 5.91 Å². The van der Waals surface area contributed by atoms with Crippen LogP contribution in [0.2, 0.25) is 0 Å². The van der Waals surface area contributed by atoms with E-state index >= 15 is 0 Å². The lowest BCUT2D eigenvalue weighted by molar-refractivity contribution is -0.116. The van der Waals surface area contributed by atoms with E-state index in [1.165, 1.54) is 0 Å². The molecule has 0 aromatic heterocycles. The maximum atomic E-state index is 12.2. The lowest BCUT2D eigenvalue weighted by Crippen LogP contribution is -2.29. The molecule has 0 aliphatic carbocycles. The van der Waals surface area contributed by atoms with Crippen LogP contribution in [-0.2, 0) is 20.4 Å². The van der Waals surface area contributed by atoms with Gasteiger partial charge in [-0.3, -0.25) is 4.79 Å². The van der Waals surface area contributed by atoms with Crippen LogP contribution >= 0.6 is 12.4 Å². The minimum absolute atomic E-state index is 0. The molecule has 0 bridgehead atoms. The van der Waals surface area contributed by atoms with Gasteiger partial charge in [-0.05, 0) is 45.5 Å². The number of sulfone groups is 1. The van der Waals surface area contributed by atoms with Gasteiger partial charge in [0.25, 0.3) is 0 Å². The molecule has 2 N–H and O–H groups in total. The summed E-state index contributed by atoms with van der Waals surface area (Å²) in [5.74, 6) is -0.128. The third-order valence-electron chi connectivity index (χ3n) is 3.10. The van der Waals surface area contributed by atoms with E-state index in [-0.39, 0.29) is 24.1 Å². The highest BCUT2D eigenvalue weighted by Crippen LogP contribution is 2.22. The molecule has 0 heterocycles. The Hall–Kier alpha value is -1.11. The van der Waals surface area contributed by atoms with Crippen LogP contribution in [0.4, 0.5) is 5.69 Å². The summed E-state index contributed by atoms with van der Waals surface area (Å²) in [7, 11) is -1.45. The Morgan fingerprint density at radius 3 is 2.41 bits per heavy atom. The number of rotatable bonds is 6. The SMILES string of the molecule is CNCCC(=O)Nc1cccc(CS(=O)(=O)C(C)(C)C)c1.Cl. The molecule has 0 radical (unpaired) electrons. The fourth-order valence-electron chi connectivity index (χ4n) is 1.64. The number of benzene rings is 1. The van der Waals surface area contributed by atoms with Gasteiger partial charge in [-0.25, -0.2) is 8.42 Å². The van der Waals surface area contributed by atoms with E-state index in [0.29, 0.717) is 24.2 Å². The summed E-state index contributed by atoms with van der Waals surface area (Å²) in [5.41, 5.74) is 1.30. The molecule has 0 fully saturated rings. The van der Waals surface area contributed by atoms with Crippen LogP contribution in [0.25, 0.3) is 0 Å². The van der Waals surface area contributed by atoms with Crippen LogP contribution in [0.1, 0.15) is 32.8 Å². The van der Waals surface area contributed by atoms with Gasteiger partial charge >= 0.3 is 0 Å². The summed E-state index contributed by atoms with van der Waals surface area (Å²) >= 11 is 0. The van der Waals surface area contributed by atoms with Crippen molar-refractivity contribution >= 4 is 33.8 Å². The molecule has 0 aliphatic rings. The van der Waals surface area contributed by atoms with Crippen LogP contribution in [0.5, 0.6) is 0 Å². The molecule has 126 valence electrons. The molecule has 22 heavy (non-hydrogen) atoms. The van der Waals surface area contributed by atoms with Gasteiger partial charge in [-0.1, -0.05) is 12.1 Å². The quantitative estimate of drug-likeness (QED) is 0.827. The van der Waals surface area contributed by atoms with Crippen LogP contribution in [0.3, 0.4) is 0 Å². The van der Waals surface area contributed by atoms with E-state index in [4.69, 9.17) is 0 Å². The van der Waals surface area contributed by atoms with Crippen LogP contribution in [0.15, 0.2) is 24.3 Å². The van der Waals surface area contributed by atoms with E-state index in [2.05, 4.69) is 10.6 Å². The predicted molar refractivity (Wildman–Crippen MR) is 93.2 cm³/mol. The zero-order valence-electron chi connectivity index (χ0n) is 13.5. The van der Waals surface area contributed by atoms with Crippen LogP contribution in [-0.4, -0.2) is 32.7 Å². The summed E-state index contributed by atoms with van der Waals surface area (Å²) in [6.07, 6.45) is 0.376. The standard InChI is InChI=1S/C15H24N2O3S.ClH/c1-15(2,3)21(19,20)11-12-6-5-7-13(10-12)17-14(18)8-9-16-4;/h5-7,10,16H,8-9,11H2,1-4H3,(H,17,18);1H. The summed E-state index contributed by atoms with van der Waals surface area (Å²) in [6.45, 7) is 5.66. The zero-order chi connectivity index (χ0) is 16.1. The lowest BCUT2D eigenvalue weighted by Gasteiger charge is -2.19. The summed E-state index contributed by atoms with van der Waals surface area (Å²) in [5, 5.41) is 5.67. The van der Waals surface area contributed by atoms with Crippen molar-refractivity contribution in [2.45, 2.75) is 37.7 Å². The first-order valence-corrected chi connectivity index (χ1v) is 8.56. The Morgan fingerprint density at radius 2 is 1.86 bits per heavy atom. The first-order chi connectivity index (χ1) is 9.65. The number of carbonyl (C=O) groups is 1. The Kier molecular flexibility index (Phi) is 8.07. The van der Waals surface area contributed by atoms with Crippen molar-refractivity contribution < 1.29 is 13.2 Å². The summed E-state index contributed by atoms with van der Waals surface area (Å²) < 4.78 is 23.6. The monoisotopic (exact) mass is 348 g/mol. The number of amides is 1. The van der Waals surface area contributed by atoms with Gasteiger partial charge in [0, 0.05) is 18.7 Å². The second-order valence-corrected chi connectivity index (χ2v) is 8.72. The van der Waals surface area contributed by atoms with E-state index < -0.39 is 14.6 Å². The van der Waals surface area contributed by atoms with E-state index in [1.807, 2.05) is 0 Å². The number of hydrogen-bond acceptors (Lipinski definition) is 4. The Morgan fingerprint density at radius 1 is 1.23 bits per heavy atom. The van der Waals surface area contributed by atoms with E-state index in [0.717, 1.165) is 0 Å². The Balaban J connectivity index is 0.00000441. The van der Waals surface area contributed by atoms with Gasteiger partial charge in [0.1, 0.15) is 0 Å². The fourth-order valence-corrected chi connectivity index (χ4v) is 2.69. The Bertz CT molecular complexity index is 595. The average molecular weight is 349 g/mol. The number of halogens is 1. The van der Waals surface area contributed by atoms with Crippen molar-refractivity contribution in [1.29, 1.82) is 0 Å². The second kappa shape index (κ2) is 8.50. The third-order valence-corrected chi connectivity index (χ3v) is 5.68. The van der Waals surface area contributed by atoms with E-state index in [1.54, 1.807) is 52.1 Å². The molecular weight excluding hydrogens is 324 g/mol. The molecule has 0 aliphatic heterocycles. The molecule has 1 amide bonds. The molecule has 1 aromatic rings. The number of hydrogen-bond donors (Lipinski definition) is 2. The van der Waals surface area contributed by atoms with Crippen molar-refractivity contribution in [3.05, 3.63) is 29.8 Å². The van der Waals surface area contributed by atoms with Crippen LogP contribution in [0, 0.1) is 0 Å². The topological polar surface area (TPSA) is 75.3 Å². The molecular formula is C15H25ClN2O3S. The first-order valence-electron chi connectivity index (χ1n) is 6.91. The minimum Gasteiger partial charge on any atom is -0.326 e. The summed E-state index contributed by atoms with van der Waals surface area (Å²) in [4.78, 5) is 11.7. The normalized spacial score (nSPS) is 11.6. The van der Waals surface area contributed by atoms with Gasteiger partial charge in [-0.2, -0.15) is 0 Å². The number of carbonyl (C=O) groups excluding carboxylic acids is 1. The van der Waals surface area contributed by atoms with Crippen molar-refractivity contribution in [3.63, 3.8) is 0 Å². The Labute approximate surface area is 139 Å². The third kappa shape index (κ3) is 6.34. The van der Waals surface area contributed by atoms with Crippen molar-refractivity contribution in [1.82, 2.24) is 5.32 Å². The molecule has 5 nitrogen and oxygen atoms in total. The van der Waals surface area contributed by atoms with Crippen LogP contribution < -0.4 is 10.6 Å². The number of nitrogens with one attached hydrogen (secondary N) is 2. The van der Waals surface area contributed by atoms with Gasteiger partial charge in [-0.15, -0.1) is 12.4 Å². The maximum Gasteiger partial charge on any atom is 0.225 e. The molecule has 0 atom stereocenters. The smallest absolute Gasteiger partial charge is 0.225 e. The average Bonchev–Trinajstić information content (AvgIpc) is 2.34. The van der Waals surface area contributed by atoms with Gasteiger partial charge < -0.3 is 10.6 Å². The molecule has 0 saturated carbocycles. The summed E-state index contributed by atoms with van der Waals surface area (Å²) in [6, 6.07) is 6.97. The van der Waals surface area contributed by atoms with Crippen molar-refractivity contribution in [3.8, 4) is 0 Å². The van der Waals surface area contributed by atoms with E-state index in [9.17, 15) is 13.2 Å². The lowest BCUT2D eigenvalue weighted by atomic mass is 10.2. The first kappa shape index (κ1) is 20.9. The largest absolute Gasteiger partial charge is 0.326 e. The molecule has 0 saturated heterocycles. The second-order valence-electron chi connectivity index (χ2n) is 5.97. The van der Waals surface area contributed by atoms with Gasteiger partial charge in [0.15, 0.2) is 9.84 Å². The van der Waals surface area contributed by atoms with Crippen molar-refractivity contribution in [2.75, 3.05) is 18.9 Å². The number of anilines is 1. The predicted octanol–water partition coefficient (Wildman–Crippen LogP) is 2.37. The molecule has 1 aromatic carbocycles. The van der Waals surface area contributed by atoms with Gasteiger partial charge in [0.05, 0.1) is 10.5 Å². The highest BCUT2D eigenvalue weighted by Gasteiger charge is 2.28. The minimum atomic E-state index is -3.23.